The number of hydrogen-bond donors (Lipinski definition) is 2. The van der Waals surface area contributed by atoms with Gasteiger partial charge in [-0.2, -0.15) is 0 Å². The molecule has 0 radical (unpaired) electrons. The lowest BCUT2D eigenvalue weighted by Crippen LogP contribution is -2.64. The predicted octanol–water partition coefficient (Wildman–Crippen LogP) is 5.01. The van der Waals surface area contributed by atoms with Crippen molar-refractivity contribution in [2.24, 2.45) is 50.7 Å². The van der Waals surface area contributed by atoms with Gasteiger partial charge in [0.1, 0.15) is 12.4 Å². The van der Waals surface area contributed by atoms with Crippen LogP contribution in [-0.4, -0.2) is 40.6 Å². The first-order valence-corrected chi connectivity index (χ1v) is 13.9. The fourth-order valence-electron chi connectivity index (χ4n) is 11.1. The quantitative estimate of drug-likeness (QED) is 0.403. The third kappa shape index (κ3) is 2.95. The lowest BCUT2D eigenvalue weighted by atomic mass is 9.41. The van der Waals surface area contributed by atoms with Crippen molar-refractivity contribution in [1.29, 1.82) is 0 Å². The number of ether oxygens (including phenoxy) is 1. The zero-order valence-electron chi connectivity index (χ0n) is 22.1. The summed E-state index contributed by atoms with van der Waals surface area (Å²) in [4.78, 5) is 36.0. The SMILES string of the molecule is CC(=O)O[C@H]1C[C@H]2[C@](C)(C(=O)O)[C@@H](O)CC[C@@]23C[C@]32CC[C@]3(C)[C@@H]([C@H](C)CCC=O)CC[C@@]3(C)[C@H]12. The highest BCUT2D eigenvalue weighted by molar-refractivity contribution is 5.76. The van der Waals surface area contributed by atoms with Gasteiger partial charge in [-0.15, -0.1) is 0 Å². The van der Waals surface area contributed by atoms with E-state index in [-0.39, 0.29) is 45.6 Å². The Balaban J connectivity index is 1.57. The molecule has 2 spiro atoms. The van der Waals surface area contributed by atoms with Gasteiger partial charge in [0.2, 0.25) is 0 Å². The number of carboxylic acids is 1. The van der Waals surface area contributed by atoms with E-state index in [1.165, 1.54) is 6.92 Å². The van der Waals surface area contributed by atoms with Crippen LogP contribution in [0.5, 0.6) is 0 Å². The summed E-state index contributed by atoms with van der Waals surface area (Å²) in [6.45, 7) is 10.4. The second-order valence-corrected chi connectivity index (χ2v) is 13.7. The van der Waals surface area contributed by atoms with Crippen molar-refractivity contribution in [3.63, 3.8) is 0 Å². The first-order valence-electron chi connectivity index (χ1n) is 13.9. The second kappa shape index (κ2) is 7.79. The average Bonchev–Trinajstić information content (AvgIpc) is 3.35. The molecule has 0 aromatic carbocycles. The highest BCUT2D eigenvalue weighted by Gasteiger charge is 2.85. The Morgan fingerprint density at radius 1 is 1.06 bits per heavy atom. The lowest BCUT2D eigenvalue weighted by molar-refractivity contribution is -0.219. The Labute approximate surface area is 209 Å². The average molecular weight is 489 g/mol. The number of aliphatic carboxylic acids is 1. The highest BCUT2D eigenvalue weighted by atomic mass is 16.5. The molecular weight excluding hydrogens is 444 g/mol. The molecule has 0 heterocycles. The van der Waals surface area contributed by atoms with Gasteiger partial charge in [-0.3, -0.25) is 9.59 Å². The van der Waals surface area contributed by atoms with E-state index in [1.807, 2.05) is 0 Å². The minimum absolute atomic E-state index is 0.00433. The van der Waals surface area contributed by atoms with E-state index in [1.54, 1.807) is 6.92 Å². The number of carbonyl (C=O) groups is 3. The van der Waals surface area contributed by atoms with Crippen LogP contribution in [0.1, 0.15) is 98.8 Å². The summed E-state index contributed by atoms with van der Waals surface area (Å²) >= 11 is 0. The number of rotatable bonds is 6. The zero-order chi connectivity index (χ0) is 25.6. The molecule has 11 atom stereocenters. The maximum atomic E-state index is 12.6. The summed E-state index contributed by atoms with van der Waals surface area (Å²) in [5.41, 5.74) is -1.21. The normalized spacial score (nSPS) is 52.8. The van der Waals surface area contributed by atoms with E-state index in [0.29, 0.717) is 31.1 Å². The molecule has 196 valence electrons. The molecule has 0 unspecified atom stereocenters. The van der Waals surface area contributed by atoms with Crippen molar-refractivity contribution < 1.29 is 29.3 Å². The smallest absolute Gasteiger partial charge is 0.312 e. The molecule has 5 fully saturated rings. The number of aliphatic hydroxyl groups is 1. The van der Waals surface area contributed by atoms with Crippen molar-refractivity contribution in [2.75, 3.05) is 0 Å². The Hall–Kier alpha value is -1.43. The Bertz CT molecular complexity index is 932. The molecule has 2 N–H and O–H groups in total. The van der Waals surface area contributed by atoms with Crippen molar-refractivity contribution in [2.45, 2.75) is 111 Å². The van der Waals surface area contributed by atoms with Gasteiger partial charge in [0.05, 0.1) is 11.5 Å². The van der Waals surface area contributed by atoms with Crippen LogP contribution in [-0.2, 0) is 19.1 Å². The van der Waals surface area contributed by atoms with Crippen LogP contribution < -0.4 is 0 Å². The summed E-state index contributed by atoms with van der Waals surface area (Å²) in [6.07, 6.45) is 8.67. The fraction of sp³-hybridized carbons (Fsp3) is 0.897. The maximum Gasteiger partial charge on any atom is 0.312 e. The van der Waals surface area contributed by atoms with E-state index >= 15 is 0 Å². The Kier molecular flexibility index (Phi) is 5.61. The Morgan fingerprint density at radius 2 is 1.77 bits per heavy atom. The third-order valence-electron chi connectivity index (χ3n) is 13.0. The molecule has 0 amide bonds. The topological polar surface area (TPSA) is 101 Å². The van der Waals surface area contributed by atoms with Crippen molar-refractivity contribution in [3.05, 3.63) is 0 Å². The first kappa shape index (κ1) is 25.2. The molecular formula is C29H44O6. The zero-order valence-corrected chi connectivity index (χ0v) is 22.1. The molecule has 5 rings (SSSR count). The summed E-state index contributed by atoms with van der Waals surface area (Å²) in [5, 5.41) is 21.2. The van der Waals surface area contributed by atoms with E-state index in [0.717, 1.165) is 51.2 Å². The van der Waals surface area contributed by atoms with Gasteiger partial charge in [0.15, 0.2) is 0 Å². The Morgan fingerprint density at radius 3 is 2.40 bits per heavy atom. The van der Waals surface area contributed by atoms with Crippen molar-refractivity contribution in [3.8, 4) is 0 Å². The van der Waals surface area contributed by atoms with Gasteiger partial charge in [0, 0.05) is 19.3 Å². The molecule has 6 nitrogen and oxygen atoms in total. The second-order valence-electron chi connectivity index (χ2n) is 13.7. The van der Waals surface area contributed by atoms with Gasteiger partial charge in [0.25, 0.3) is 0 Å². The number of fused-ring (bicyclic) bond motifs is 2. The van der Waals surface area contributed by atoms with Crippen molar-refractivity contribution in [1.82, 2.24) is 0 Å². The number of carboxylic acid groups (broad SMARTS) is 1. The minimum Gasteiger partial charge on any atom is -0.481 e. The summed E-state index contributed by atoms with van der Waals surface area (Å²) in [6, 6.07) is 0. The molecule has 5 saturated carbocycles. The lowest BCUT2D eigenvalue weighted by Gasteiger charge is -2.64. The van der Waals surface area contributed by atoms with E-state index < -0.39 is 17.5 Å². The predicted molar refractivity (Wildman–Crippen MR) is 130 cm³/mol. The number of aldehydes is 1. The third-order valence-corrected chi connectivity index (χ3v) is 13.0. The molecule has 0 aliphatic heterocycles. The number of aliphatic hydroxyl groups excluding tert-OH is 1. The molecule has 0 aromatic rings. The molecule has 0 aromatic heterocycles. The van der Waals surface area contributed by atoms with Crippen LogP contribution in [0.25, 0.3) is 0 Å². The van der Waals surface area contributed by atoms with Gasteiger partial charge in [-0.05, 0) is 104 Å². The molecule has 0 bridgehead atoms. The monoisotopic (exact) mass is 488 g/mol. The molecule has 6 heteroatoms. The number of esters is 1. The maximum absolute atomic E-state index is 12.6. The first-order chi connectivity index (χ1) is 16.3. The van der Waals surface area contributed by atoms with Crippen LogP contribution in [0.2, 0.25) is 0 Å². The van der Waals surface area contributed by atoms with Crippen LogP contribution in [0.15, 0.2) is 0 Å². The fourth-order valence-corrected chi connectivity index (χ4v) is 11.1. The van der Waals surface area contributed by atoms with Crippen molar-refractivity contribution >= 4 is 18.2 Å². The molecule has 5 aliphatic carbocycles. The van der Waals surface area contributed by atoms with Crippen LogP contribution >= 0.6 is 0 Å². The van der Waals surface area contributed by atoms with Gasteiger partial charge < -0.3 is 19.7 Å². The van der Waals surface area contributed by atoms with Gasteiger partial charge in [-0.1, -0.05) is 20.8 Å². The largest absolute Gasteiger partial charge is 0.481 e. The van der Waals surface area contributed by atoms with Crippen LogP contribution in [0.3, 0.4) is 0 Å². The van der Waals surface area contributed by atoms with Crippen LogP contribution in [0, 0.1) is 50.7 Å². The number of carbonyl (C=O) groups excluding carboxylic acids is 2. The van der Waals surface area contributed by atoms with E-state index in [9.17, 15) is 24.6 Å². The van der Waals surface area contributed by atoms with E-state index in [4.69, 9.17) is 4.74 Å². The molecule has 5 aliphatic rings. The highest BCUT2D eigenvalue weighted by Crippen LogP contribution is 2.89. The van der Waals surface area contributed by atoms with Gasteiger partial charge in [-0.25, -0.2) is 0 Å². The van der Waals surface area contributed by atoms with Crippen LogP contribution in [0.4, 0.5) is 0 Å². The summed E-state index contributed by atoms with van der Waals surface area (Å²) in [7, 11) is 0. The minimum atomic E-state index is -1.21. The standard InChI is InChI=1S/C29H44O6/c1-17(7-6-14-30)19-8-10-26(4)23-20(35-18(2)31)15-21-27(5,24(33)34)22(32)9-11-28(21)16-29(23,28)13-12-25(19,26)3/h14,17,19-23,32H,6-13,15-16H2,1-5H3,(H,33,34)/t17-,19-,20+,21+,22+,23+,25-,26+,27+,28-,29+/m1/s1. The summed E-state index contributed by atoms with van der Waals surface area (Å²) < 4.78 is 6.13. The number of hydrogen-bond acceptors (Lipinski definition) is 5. The van der Waals surface area contributed by atoms with Gasteiger partial charge >= 0.3 is 11.9 Å². The van der Waals surface area contributed by atoms with E-state index in [2.05, 4.69) is 20.8 Å². The summed E-state index contributed by atoms with van der Waals surface area (Å²) in [5.74, 6) is -0.186. The molecule has 35 heavy (non-hydrogen) atoms. The molecule has 0 saturated heterocycles.